The maximum atomic E-state index is 2.99. The van der Waals surface area contributed by atoms with Crippen molar-refractivity contribution in [3.8, 4) is 0 Å². The average molecular weight is 423 g/mol. The average Bonchev–Trinajstić information content (AvgIpc) is 2.72. The van der Waals surface area contributed by atoms with Gasteiger partial charge in [-0.15, -0.1) is 6.42 Å². The van der Waals surface area contributed by atoms with Crippen LogP contribution in [0.1, 0.15) is 52.9 Å². The molecule has 2 rings (SSSR count). The van der Waals surface area contributed by atoms with Crippen LogP contribution in [0.25, 0.3) is 0 Å². The third kappa shape index (κ3) is 21.0. The normalized spacial score (nSPS) is 17.6. The number of hydrogen-bond acceptors (Lipinski definition) is 0. The van der Waals surface area contributed by atoms with Crippen molar-refractivity contribution in [1.82, 2.24) is 0 Å². The van der Waals surface area contributed by atoms with Gasteiger partial charge in [0.05, 0.1) is 0 Å². The van der Waals surface area contributed by atoms with Gasteiger partial charge in [0, 0.05) is 20.1 Å². The fourth-order valence-electron chi connectivity index (χ4n) is 1.20. The van der Waals surface area contributed by atoms with E-state index in [-0.39, 0.29) is 20.1 Å². The molecular weight excluding hydrogens is 396 g/mol. The molecule has 1 heteroatoms. The Morgan fingerprint density at radius 2 is 1.17 bits per heavy atom. The summed E-state index contributed by atoms with van der Waals surface area (Å²) in [5.41, 5.74) is 0. The van der Waals surface area contributed by atoms with Gasteiger partial charge < -0.3 is 5.92 Å². The van der Waals surface area contributed by atoms with Gasteiger partial charge in [-0.1, -0.05) is 24.3 Å². The van der Waals surface area contributed by atoms with E-state index >= 15 is 0 Å². The van der Waals surface area contributed by atoms with Gasteiger partial charge in [-0.3, -0.25) is 6.08 Å². The van der Waals surface area contributed by atoms with Crippen LogP contribution in [-0.4, -0.2) is 0 Å². The maximum absolute atomic E-state index is 2.99. The molecule has 0 bridgehead atoms. The Kier molecular flexibility index (Phi) is 18.4. The molecule has 2 aliphatic rings. The van der Waals surface area contributed by atoms with Gasteiger partial charge in [0.15, 0.2) is 0 Å². The molecule has 0 fully saturated rings. The molecule has 0 aliphatic heterocycles. The predicted octanol–water partition coefficient (Wildman–Crippen LogP) is 5.60. The summed E-state index contributed by atoms with van der Waals surface area (Å²) in [5.74, 6) is 1.42. The van der Waals surface area contributed by atoms with E-state index in [1.807, 2.05) is 12.2 Å². The summed E-state index contributed by atoms with van der Waals surface area (Å²) in [6.07, 6.45) is 24.0. The topological polar surface area (TPSA) is 0 Å². The molecule has 0 N–H and O–H groups in total. The quantitative estimate of drug-likeness (QED) is 0.352. The zero-order valence-electron chi connectivity index (χ0n) is 11.9. The van der Waals surface area contributed by atoms with Crippen molar-refractivity contribution in [1.29, 1.82) is 0 Å². The second kappa shape index (κ2) is 16.6. The zero-order chi connectivity index (χ0) is 12.8. The molecule has 0 saturated heterocycles. The summed E-state index contributed by atoms with van der Waals surface area (Å²) in [5, 5.41) is 0. The van der Waals surface area contributed by atoms with Crippen LogP contribution in [0.15, 0.2) is 42.5 Å². The molecule has 0 aromatic carbocycles. The predicted molar refractivity (Wildman–Crippen MR) is 78.6 cm³/mol. The van der Waals surface area contributed by atoms with Gasteiger partial charge in [0.2, 0.25) is 0 Å². The Morgan fingerprint density at radius 1 is 0.778 bits per heavy atom. The van der Waals surface area contributed by atoms with Crippen LogP contribution in [0.4, 0.5) is 0 Å². The molecule has 0 atom stereocenters. The van der Waals surface area contributed by atoms with E-state index in [1.165, 1.54) is 31.6 Å². The van der Waals surface area contributed by atoms with E-state index in [4.69, 9.17) is 0 Å². The van der Waals surface area contributed by atoms with Crippen LogP contribution in [0.5, 0.6) is 0 Å². The third-order valence-electron chi connectivity index (χ3n) is 1.92. The summed E-state index contributed by atoms with van der Waals surface area (Å²) in [7, 11) is 0. The van der Waals surface area contributed by atoms with E-state index in [0.29, 0.717) is 0 Å². The fraction of sp³-hybridized carbons (Fsp3) is 0.471. The summed E-state index contributed by atoms with van der Waals surface area (Å²) >= 11 is 0. The standard InChI is InChI=1S/C8H12.C5H5.C4H9.Ir/c1-2-4-6-8-7-5-3-1;1-2-4-5-3-1;1-4(2)3;/h1-2,7-8H,3-6H2;1-3H,4H2;1-3H3;/q;2*-1;/b2-1-,8-7?;;;. The summed E-state index contributed by atoms with van der Waals surface area (Å²) < 4.78 is 0. The minimum Gasteiger partial charge on any atom is -0.323 e. The van der Waals surface area contributed by atoms with Gasteiger partial charge in [0.1, 0.15) is 0 Å². The number of allylic oxidation sites excluding steroid dienone is 8. The van der Waals surface area contributed by atoms with Crippen LogP contribution in [0, 0.1) is 12.0 Å². The van der Waals surface area contributed by atoms with Crippen molar-refractivity contribution >= 4 is 0 Å². The van der Waals surface area contributed by atoms with Crippen LogP contribution in [0.3, 0.4) is 0 Å². The van der Waals surface area contributed by atoms with Gasteiger partial charge in [0.25, 0.3) is 0 Å². The Balaban J connectivity index is 0. The van der Waals surface area contributed by atoms with Crippen molar-refractivity contribution in [3.63, 3.8) is 0 Å². The largest absolute Gasteiger partial charge is 0.323 e. The van der Waals surface area contributed by atoms with Crippen LogP contribution >= 0.6 is 0 Å². The number of hydrogen-bond donors (Lipinski definition) is 0. The molecule has 1 radical (unpaired) electrons. The minimum atomic E-state index is 0. The molecule has 0 saturated carbocycles. The van der Waals surface area contributed by atoms with Gasteiger partial charge in [-0.05, 0) is 25.7 Å². The SMILES string of the molecule is C1=CCC/C=C\CC1.C[C-](C)C.[C-]1=CC=CC1.[Ir]. The molecule has 0 aromatic heterocycles. The molecule has 0 spiro atoms. The molecule has 105 valence electrons. The van der Waals surface area contributed by atoms with Crippen LogP contribution < -0.4 is 0 Å². The Hall–Kier alpha value is -0.391. The van der Waals surface area contributed by atoms with Crippen molar-refractivity contribution in [3.05, 3.63) is 54.5 Å². The molecule has 0 aromatic rings. The molecule has 2 aliphatic carbocycles. The zero-order valence-corrected chi connectivity index (χ0v) is 14.3. The monoisotopic (exact) mass is 423 g/mol. The second-order valence-electron chi connectivity index (χ2n) is 4.60. The number of rotatable bonds is 0. The molecule has 0 unspecified atom stereocenters. The van der Waals surface area contributed by atoms with Gasteiger partial charge in [-0.2, -0.15) is 26.8 Å². The van der Waals surface area contributed by atoms with Gasteiger partial charge in [-0.25, -0.2) is 12.2 Å². The molecule has 0 amide bonds. The first-order valence-corrected chi connectivity index (χ1v) is 6.52. The summed E-state index contributed by atoms with van der Waals surface area (Å²) in [6.45, 7) is 6.25. The van der Waals surface area contributed by atoms with E-state index < -0.39 is 0 Å². The minimum absolute atomic E-state index is 0. The Morgan fingerprint density at radius 3 is 1.33 bits per heavy atom. The first-order chi connectivity index (χ1) is 8.23. The third-order valence-corrected chi connectivity index (χ3v) is 1.92. The van der Waals surface area contributed by atoms with E-state index in [2.05, 4.69) is 57.2 Å². The van der Waals surface area contributed by atoms with Crippen LogP contribution in [0.2, 0.25) is 0 Å². The first kappa shape index (κ1) is 19.9. The Bertz CT molecular complexity index is 218. The molecule has 18 heavy (non-hydrogen) atoms. The second-order valence-corrected chi connectivity index (χ2v) is 4.60. The maximum Gasteiger partial charge on any atom is 0 e. The first-order valence-electron chi connectivity index (χ1n) is 6.52. The smallest absolute Gasteiger partial charge is 0 e. The molecule has 0 heterocycles. The van der Waals surface area contributed by atoms with E-state index in [1.54, 1.807) is 0 Å². The van der Waals surface area contributed by atoms with Crippen molar-refractivity contribution in [2.24, 2.45) is 0 Å². The van der Waals surface area contributed by atoms with Crippen LogP contribution in [-0.2, 0) is 20.1 Å². The van der Waals surface area contributed by atoms with E-state index in [0.717, 1.165) is 6.42 Å². The summed E-state index contributed by atoms with van der Waals surface area (Å²) in [6, 6.07) is 0. The van der Waals surface area contributed by atoms with Crippen molar-refractivity contribution < 1.29 is 20.1 Å². The van der Waals surface area contributed by atoms with E-state index in [9.17, 15) is 0 Å². The van der Waals surface area contributed by atoms with Crippen molar-refractivity contribution in [2.45, 2.75) is 52.9 Å². The fourth-order valence-corrected chi connectivity index (χ4v) is 1.20. The van der Waals surface area contributed by atoms with Crippen molar-refractivity contribution in [2.75, 3.05) is 0 Å². The Labute approximate surface area is 127 Å². The molecule has 0 nitrogen and oxygen atoms in total. The summed E-state index contributed by atoms with van der Waals surface area (Å²) in [4.78, 5) is 0. The van der Waals surface area contributed by atoms with Gasteiger partial charge >= 0.3 is 0 Å². The molecular formula is C17H26Ir-2.